The number of aromatic nitrogens is 4. The molecule has 0 amide bonds. The SMILES string of the molecule is CCOP(=O)(O)OCC(COP(=O)(O)O)(COP(=O)(O)O)COP(=O)(O)OC[C@H]1O[C@@H]([n+]2cn(C)c3c(=O)[nH]c(N)nc32)[C@H](O)[C@@H]1O. The summed E-state index contributed by atoms with van der Waals surface area (Å²) >= 11 is 0. The maximum absolute atomic E-state index is 12.8. The number of aromatic amines is 1. The number of nitrogen functional groups attached to an aromatic ring is 1. The Kier molecular flexibility index (Phi) is 12.9. The summed E-state index contributed by atoms with van der Waals surface area (Å²) in [6.45, 7) is -5.13. The first-order chi connectivity index (χ1) is 21.5. The molecule has 6 atom stereocenters. The Balaban J connectivity index is 1.78. The second-order valence-electron chi connectivity index (χ2n) is 10.0. The fourth-order valence-electron chi connectivity index (χ4n) is 4.09. The monoisotopic (exact) mass is 764 g/mol. The van der Waals surface area contributed by atoms with Crippen LogP contribution in [0.2, 0.25) is 0 Å². The maximum Gasteiger partial charge on any atom is 0.472 e. The van der Waals surface area contributed by atoms with Gasteiger partial charge in [-0.05, 0) is 6.92 Å². The van der Waals surface area contributed by atoms with Gasteiger partial charge in [0.2, 0.25) is 11.7 Å². The molecule has 3 heterocycles. The van der Waals surface area contributed by atoms with Crippen LogP contribution in [0.1, 0.15) is 13.2 Å². The molecule has 0 bridgehead atoms. The van der Waals surface area contributed by atoms with Crippen LogP contribution in [0.4, 0.5) is 5.95 Å². The molecular weight excluding hydrogens is 730 g/mol. The van der Waals surface area contributed by atoms with Gasteiger partial charge in [0, 0.05) is 0 Å². The quantitative estimate of drug-likeness (QED) is 0.0543. The molecule has 0 aliphatic carbocycles. The van der Waals surface area contributed by atoms with Gasteiger partial charge >= 0.3 is 36.9 Å². The lowest BCUT2D eigenvalue weighted by atomic mass is 9.93. The minimum Gasteiger partial charge on any atom is -0.387 e. The molecule has 1 saturated heterocycles. The second-order valence-corrected chi connectivity index (χ2v) is 15.4. The number of hydrogen-bond donors (Lipinski definition) is 10. The summed E-state index contributed by atoms with van der Waals surface area (Å²) in [4.78, 5) is 75.4. The zero-order valence-electron chi connectivity index (χ0n) is 24.3. The van der Waals surface area contributed by atoms with Crippen molar-refractivity contribution < 1.29 is 94.3 Å². The maximum atomic E-state index is 12.8. The van der Waals surface area contributed by atoms with Crippen LogP contribution in [-0.4, -0.2) is 112 Å². The predicted molar refractivity (Wildman–Crippen MR) is 149 cm³/mol. The van der Waals surface area contributed by atoms with Gasteiger partial charge in [0.05, 0.1) is 52.1 Å². The number of aliphatic hydroxyl groups is 2. The largest absolute Gasteiger partial charge is 0.472 e. The molecule has 2 aromatic heterocycles. The van der Waals surface area contributed by atoms with Crippen molar-refractivity contribution in [3.05, 3.63) is 16.7 Å². The number of anilines is 1. The minimum absolute atomic E-state index is 0.0224. The summed E-state index contributed by atoms with van der Waals surface area (Å²) in [7, 11) is -19.4. The molecule has 47 heavy (non-hydrogen) atoms. The number of fused-ring (bicyclic) bond motifs is 1. The summed E-state index contributed by atoms with van der Waals surface area (Å²) in [6.07, 6.45) is -5.13. The van der Waals surface area contributed by atoms with Gasteiger partial charge < -0.3 is 50.0 Å². The summed E-state index contributed by atoms with van der Waals surface area (Å²) in [5, 5.41) is 21.2. The number of nitrogens with two attached hydrogens (primary N) is 1. The van der Waals surface area contributed by atoms with E-state index in [0.29, 0.717) is 0 Å². The smallest absolute Gasteiger partial charge is 0.387 e. The van der Waals surface area contributed by atoms with Gasteiger partial charge in [-0.15, -0.1) is 0 Å². The Morgan fingerprint density at radius 2 is 1.43 bits per heavy atom. The Bertz CT molecular complexity index is 1630. The molecular formula is C18H34N5O20P4+. The molecule has 2 aromatic rings. The number of aryl methyl sites for hydroxylation is 1. The molecule has 0 saturated carbocycles. The van der Waals surface area contributed by atoms with Crippen LogP contribution in [0.5, 0.6) is 0 Å². The van der Waals surface area contributed by atoms with E-state index in [-0.39, 0.29) is 23.7 Å². The highest BCUT2D eigenvalue weighted by molar-refractivity contribution is 7.47. The molecule has 3 rings (SSSR count). The van der Waals surface area contributed by atoms with Crippen molar-refractivity contribution in [1.29, 1.82) is 0 Å². The van der Waals surface area contributed by atoms with Crippen molar-refractivity contribution in [3.8, 4) is 0 Å². The van der Waals surface area contributed by atoms with Crippen molar-refractivity contribution in [3.63, 3.8) is 0 Å². The molecule has 270 valence electrons. The average Bonchev–Trinajstić information content (AvgIpc) is 3.40. The van der Waals surface area contributed by atoms with E-state index in [0.717, 1.165) is 0 Å². The van der Waals surface area contributed by atoms with Crippen LogP contribution >= 0.6 is 31.3 Å². The first-order valence-corrected chi connectivity index (χ1v) is 18.9. The lowest BCUT2D eigenvalue weighted by molar-refractivity contribution is -0.745. The summed E-state index contributed by atoms with van der Waals surface area (Å²) in [5.41, 5.74) is 2.56. The Hall–Kier alpha value is -1.53. The molecule has 0 spiro atoms. The molecule has 0 aromatic carbocycles. The first kappa shape index (κ1) is 39.9. The number of imidazole rings is 1. The van der Waals surface area contributed by atoms with E-state index in [1.54, 1.807) is 0 Å². The lowest BCUT2D eigenvalue weighted by Crippen LogP contribution is -2.46. The van der Waals surface area contributed by atoms with Gasteiger partial charge in [-0.2, -0.15) is 0 Å². The normalized spacial score (nSPS) is 23.6. The van der Waals surface area contributed by atoms with Crippen LogP contribution in [0.25, 0.3) is 11.2 Å². The molecule has 11 N–H and O–H groups in total. The molecule has 2 unspecified atom stereocenters. The predicted octanol–water partition coefficient (Wildman–Crippen LogP) is -2.76. The number of H-pyrrole nitrogens is 1. The highest BCUT2D eigenvalue weighted by atomic mass is 31.2. The van der Waals surface area contributed by atoms with Crippen LogP contribution in [-0.2, 0) is 57.2 Å². The molecule has 1 aliphatic heterocycles. The molecule has 1 fully saturated rings. The zero-order chi connectivity index (χ0) is 35.6. The third kappa shape index (κ3) is 11.2. The van der Waals surface area contributed by atoms with E-state index >= 15 is 0 Å². The Labute approximate surface area is 263 Å². The standard InChI is InChI=1S/C18H33N5O20P4/c1-3-37-46(33,34)41-7-18(5-39-44(27,28)29,6-40-45(30,31)32)8-42-47(35,36)38-4-10-12(24)13(25)16(43-10)23-9-22(2)11-14(23)20-17(19)21-15(11)26/h9-10,12-13,16,24-25H,3-8H2,1-2H3,(H8-,19,20,21,26,27,28,29,30,31,32,33,34,35,36)/p+1/t10-,12-,13-,16-/m1/s1. The number of phosphoric ester groups is 4. The lowest BCUT2D eigenvalue weighted by Gasteiger charge is -2.33. The van der Waals surface area contributed by atoms with E-state index < -0.39 is 99.8 Å². The van der Waals surface area contributed by atoms with Gasteiger partial charge in [0.25, 0.3) is 11.5 Å². The van der Waals surface area contributed by atoms with Gasteiger partial charge in [-0.25, -0.2) is 22.8 Å². The average molecular weight is 764 g/mol. The molecule has 0 radical (unpaired) electrons. The molecule has 29 heteroatoms. The number of hydrogen-bond acceptors (Lipinski definition) is 16. The first-order valence-electron chi connectivity index (χ1n) is 12.9. The number of nitrogens with one attached hydrogen (secondary N) is 1. The number of phosphoric acid groups is 4. The van der Waals surface area contributed by atoms with E-state index in [9.17, 15) is 43.1 Å². The van der Waals surface area contributed by atoms with Crippen LogP contribution in [0.15, 0.2) is 11.1 Å². The van der Waals surface area contributed by atoms with Crippen molar-refractivity contribution in [2.24, 2.45) is 12.5 Å². The summed E-state index contributed by atoms with van der Waals surface area (Å²) in [5.74, 6) is -0.271. The third-order valence-electron chi connectivity index (χ3n) is 6.24. The van der Waals surface area contributed by atoms with E-state index in [1.165, 1.54) is 29.4 Å². The topological polar surface area (TPSA) is 375 Å². The van der Waals surface area contributed by atoms with Gasteiger partial charge in [0.15, 0.2) is 6.33 Å². The summed E-state index contributed by atoms with van der Waals surface area (Å²) < 4.78 is 83.3. The van der Waals surface area contributed by atoms with Gasteiger partial charge in [-0.3, -0.25) is 41.5 Å². The van der Waals surface area contributed by atoms with Crippen LogP contribution < -0.4 is 15.9 Å². The fraction of sp³-hybridized carbons (Fsp3) is 0.722. The molecule has 1 aliphatic rings. The Morgan fingerprint density at radius 3 is 1.94 bits per heavy atom. The molecule has 25 nitrogen and oxygen atoms in total. The number of nitrogens with zero attached hydrogens (tertiary/aromatic N) is 3. The Morgan fingerprint density at radius 1 is 0.915 bits per heavy atom. The van der Waals surface area contributed by atoms with E-state index in [1.807, 2.05) is 0 Å². The van der Waals surface area contributed by atoms with E-state index in [4.69, 9.17) is 43.6 Å². The highest BCUT2D eigenvalue weighted by Gasteiger charge is 2.48. The zero-order valence-corrected chi connectivity index (χ0v) is 27.9. The minimum atomic E-state index is -5.35. The van der Waals surface area contributed by atoms with E-state index in [2.05, 4.69) is 23.5 Å². The number of rotatable bonds is 18. The fourth-order valence-corrected chi connectivity index (χ4v) is 6.66. The van der Waals surface area contributed by atoms with Crippen LogP contribution in [0, 0.1) is 5.41 Å². The van der Waals surface area contributed by atoms with Gasteiger partial charge in [0.1, 0.15) is 18.3 Å². The highest BCUT2D eigenvalue weighted by Crippen LogP contribution is 2.50. The van der Waals surface area contributed by atoms with Crippen molar-refractivity contribution in [2.75, 3.05) is 45.4 Å². The van der Waals surface area contributed by atoms with Crippen molar-refractivity contribution >= 4 is 48.4 Å². The second kappa shape index (κ2) is 15.2. The number of ether oxygens (including phenoxy) is 1. The number of aliphatic hydroxyl groups excluding tert-OH is 2. The van der Waals surface area contributed by atoms with Crippen molar-refractivity contribution in [1.82, 2.24) is 14.5 Å². The van der Waals surface area contributed by atoms with Gasteiger partial charge in [-0.1, -0.05) is 4.98 Å². The van der Waals surface area contributed by atoms with Crippen molar-refractivity contribution in [2.45, 2.75) is 31.5 Å². The summed E-state index contributed by atoms with van der Waals surface area (Å²) in [6, 6.07) is 0. The van der Waals surface area contributed by atoms with Crippen LogP contribution in [0.3, 0.4) is 0 Å². The third-order valence-corrected chi connectivity index (χ3v) is 9.14.